The second-order valence-corrected chi connectivity index (χ2v) is 7.27. The zero-order chi connectivity index (χ0) is 14.0. The minimum absolute atomic E-state index is 0.193. The van der Waals surface area contributed by atoms with Crippen molar-refractivity contribution < 1.29 is 0 Å². The first-order valence-electron chi connectivity index (χ1n) is 5.50. The van der Waals surface area contributed by atoms with Gasteiger partial charge in [-0.2, -0.15) is 0 Å². The molecule has 2 aromatic rings. The molecule has 0 aromatic heterocycles. The summed E-state index contributed by atoms with van der Waals surface area (Å²) in [6.07, 6.45) is 0.824. The van der Waals surface area contributed by atoms with Crippen molar-refractivity contribution in [2.75, 3.05) is 0 Å². The average Bonchev–Trinajstić information content (AvgIpc) is 2.37. The average molecular weight is 443 g/mol. The standard InChI is InChI=1S/C14H9Br2Cl3/c15-10(9-2-4-12(17)11(16)7-9)5-8-1-3-13(18)14(19)6-8/h1-4,6-7,10H,5H2. The van der Waals surface area contributed by atoms with Crippen LogP contribution in [0.2, 0.25) is 15.1 Å². The maximum Gasteiger partial charge on any atom is 0.0595 e. The molecular weight excluding hydrogens is 434 g/mol. The van der Waals surface area contributed by atoms with Gasteiger partial charge in [0.1, 0.15) is 0 Å². The molecule has 0 aliphatic heterocycles. The summed E-state index contributed by atoms with van der Waals surface area (Å²) in [5.74, 6) is 0. The van der Waals surface area contributed by atoms with E-state index < -0.39 is 0 Å². The van der Waals surface area contributed by atoms with Gasteiger partial charge in [-0.3, -0.25) is 0 Å². The zero-order valence-corrected chi connectivity index (χ0v) is 15.1. The molecule has 5 heteroatoms. The van der Waals surface area contributed by atoms with Crippen LogP contribution >= 0.6 is 66.7 Å². The molecule has 0 nitrogen and oxygen atoms in total. The summed E-state index contributed by atoms with van der Waals surface area (Å²) in [6.45, 7) is 0. The molecule has 19 heavy (non-hydrogen) atoms. The topological polar surface area (TPSA) is 0 Å². The van der Waals surface area contributed by atoms with Crippen LogP contribution in [0.4, 0.5) is 0 Å². The summed E-state index contributed by atoms with van der Waals surface area (Å²) in [6, 6.07) is 11.6. The summed E-state index contributed by atoms with van der Waals surface area (Å²) >= 11 is 25.0. The Labute approximate surface area is 144 Å². The van der Waals surface area contributed by atoms with Gasteiger partial charge in [0, 0.05) is 9.30 Å². The summed E-state index contributed by atoms with van der Waals surface area (Å²) in [7, 11) is 0. The van der Waals surface area contributed by atoms with Crippen molar-refractivity contribution in [2.45, 2.75) is 11.2 Å². The maximum absolute atomic E-state index is 6.02. The lowest BCUT2D eigenvalue weighted by atomic mass is 10.0. The van der Waals surface area contributed by atoms with E-state index in [0.717, 1.165) is 22.0 Å². The van der Waals surface area contributed by atoms with E-state index in [4.69, 9.17) is 34.8 Å². The van der Waals surface area contributed by atoms with Gasteiger partial charge in [0.25, 0.3) is 0 Å². The normalized spacial score (nSPS) is 12.5. The third-order valence-corrected chi connectivity index (χ3v) is 5.51. The van der Waals surface area contributed by atoms with Gasteiger partial charge < -0.3 is 0 Å². The maximum atomic E-state index is 6.02. The molecule has 0 spiro atoms. The first-order chi connectivity index (χ1) is 8.97. The second-order valence-electron chi connectivity index (χ2n) is 4.09. The SMILES string of the molecule is Clc1ccc(CC(Br)c2ccc(Cl)c(Br)c2)cc1Cl. The highest BCUT2D eigenvalue weighted by molar-refractivity contribution is 9.10. The van der Waals surface area contributed by atoms with Gasteiger partial charge in [-0.15, -0.1) is 0 Å². The van der Waals surface area contributed by atoms with E-state index in [1.807, 2.05) is 36.4 Å². The molecule has 0 bridgehead atoms. The van der Waals surface area contributed by atoms with Crippen molar-refractivity contribution in [1.82, 2.24) is 0 Å². The minimum atomic E-state index is 0.193. The van der Waals surface area contributed by atoms with Crippen molar-refractivity contribution in [3.63, 3.8) is 0 Å². The Hall–Kier alpha value is 0.270. The molecule has 0 aliphatic rings. The van der Waals surface area contributed by atoms with Crippen molar-refractivity contribution in [2.24, 2.45) is 0 Å². The summed E-state index contributed by atoms with van der Waals surface area (Å²) in [4.78, 5) is 0.193. The van der Waals surface area contributed by atoms with Gasteiger partial charge in [-0.05, 0) is 57.7 Å². The van der Waals surface area contributed by atoms with Crippen molar-refractivity contribution in [3.8, 4) is 0 Å². The minimum Gasteiger partial charge on any atom is -0.0835 e. The zero-order valence-electron chi connectivity index (χ0n) is 9.64. The van der Waals surface area contributed by atoms with Crippen molar-refractivity contribution in [3.05, 3.63) is 67.1 Å². The van der Waals surface area contributed by atoms with Gasteiger partial charge in [0.05, 0.1) is 15.1 Å². The fraction of sp³-hybridized carbons (Fsp3) is 0.143. The second kappa shape index (κ2) is 6.82. The largest absolute Gasteiger partial charge is 0.0835 e. The van der Waals surface area contributed by atoms with Gasteiger partial charge in [0.2, 0.25) is 0 Å². The number of halogens is 5. The van der Waals surface area contributed by atoms with Gasteiger partial charge >= 0.3 is 0 Å². The molecule has 0 N–H and O–H groups in total. The van der Waals surface area contributed by atoms with E-state index in [-0.39, 0.29) is 4.83 Å². The predicted octanol–water partition coefficient (Wildman–Crippen LogP) is 7.09. The molecule has 1 unspecified atom stereocenters. The van der Waals surface area contributed by atoms with E-state index in [1.54, 1.807) is 0 Å². The van der Waals surface area contributed by atoms with E-state index in [9.17, 15) is 0 Å². The fourth-order valence-corrected chi connectivity index (χ4v) is 3.19. The van der Waals surface area contributed by atoms with E-state index in [0.29, 0.717) is 15.1 Å². The van der Waals surface area contributed by atoms with Gasteiger partial charge in [-0.25, -0.2) is 0 Å². The van der Waals surface area contributed by atoms with Crippen LogP contribution in [0.15, 0.2) is 40.9 Å². The molecule has 0 aliphatic carbocycles. The Bertz CT molecular complexity index is 599. The first-order valence-corrected chi connectivity index (χ1v) is 8.34. The molecule has 0 saturated carbocycles. The van der Waals surface area contributed by atoms with Crippen LogP contribution in [0.3, 0.4) is 0 Å². The van der Waals surface area contributed by atoms with Gasteiger partial charge in [0.15, 0.2) is 0 Å². The molecule has 0 amide bonds. The molecule has 1 atom stereocenters. The van der Waals surface area contributed by atoms with Crippen molar-refractivity contribution >= 4 is 66.7 Å². The smallest absolute Gasteiger partial charge is 0.0595 e. The summed E-state index contributed by atoms with van der Waals surface area (Å²) < 4.78 is 0.894. The van der Waals surface area contributed by atoms with Gasteiger partial charge in [-0.1, -0.05) is 62.9 Å². The molecule has 2 aromatic carbocycles. The van der Waals surface area contributed by atoms with E-state index >= 15 is 0 Å². The Morgan fingerprint density at radius 1 is 0.895 bits per heavy atom. The van der Waals surface area contributed by atoms with Crippen LogP contribution in [-0.4, -0.2) is 0 Å². The number of hydrogen-bond acceptors (Lipinski definition) is 0. The molecule has 2 rings (SSSR count). The van der Waals surface area contributed by atoms with Crippen LogP contribution in [0, 0.1) is 0 Å². The molecule has 100 valence electrons. The number of hydrogen-bond donors (Lipinski definition) is 0. The third-order valence-electron chi connectivity index (χ3n) is 2.70. The highest BCUT2D eigenvalue weighted by atomic mass is 79.9. The van der Waals surface area contributed by atoms with Crippen molar-refractivity contribution in [1.29, 1.82) is 0 Å². The Morgan fingerprint density at radius 2 is 1.58 bits per heavy atom. The predicted molar refractivity (Wildman–Crippen MR) is 91.0 cm³/mol. The summed E-state index contributed by atoms with van der Waals surface area (Å²) in [5.41, 5.74) is 2.28. The number of alkyl halides is 1. The number of rotatable bonds is 3. The van der Waals surface area contributed by atoms with Crippen LogP contribution < -0.4 is 0 Å². The molecular formula is C14H9Br2Cl3. The lowest BCUT2D eigenvalue weighted by Crippen LogP contribution is -1.95. The third kappa shape index (κ3) is 4.12. The molecule has 0 fully saturated rings. The van der Waals surface area contributed by atoms with Crippen LogP contribution in [0.1, 0.15) is 16.0 Å². The molecule has 0 radical (unpaired) electrons. The quantitative estimate of drug-likeness (QED) is 0.445. The lowest BCUT2D eigenvalue weighted by molar-refractivity contribution is 0.948. The molecule has 0 saturated heterocycles. The lowest BCUT2D eigenvalue weighted by Gasteiger charge is -2.12. The fourth-order valence-electron chi connectivity index (χ4n) is 1.70. The Balaban J connectivity index is 2.17. The first kappa shape index (κ1) is 15.7. The molecule has 0 heterocycles. The number of benzene rings is 2. The van der Waals surface area contributed by atoms with Crippen LogP contribution in [0.25, 0.3) is 0 Å². The van der Waals surface area contributed by atoms with Crippen LogP contribution in [-0.2, 0) is 6.42 Å². The summed E-state index contributed by atoms with van der Waals surface area (Å²) in [5, 5.41) is 1.86. The van der Waals surface area contributed by atoms with Crippen LogP contribution in [0.5, 0.6) is 0 Å². The highest BCUT2D eigenvalue weighted by Gasteiger charge is 2.11. The van der Waals surface area contributed by atoms with E-state index in [2.05, 4.69) is 31.9 Å². The highest BCUT2D eigenvalue weighted by Crippen LogP contribution is 2.33. The van der Waals surface area contributed by atoms with E-state index in [1.165, 1.54) is 0 Å². The Kier molecular flexibility index (Phi) is 5.62. The monoisotopic (exact) mass is 440 g/mol. The Morgan fingerprint density at radius 3 is 2.21 bits per heavy atom.